The summed E-state index contributed by atoms with van der Waals surface area (Å²) in [6, 6.07) is 6.16. The molecule has 1 unspecified atom stereocenters. The van der Waals surface area contributed by atoms with Crippen molar-refractivity contribution in [1.82, 2.24) is 9.55 Å². The van der Waals surface area contributed by atoms with Crippen molar-refractivity contribution >= 4 is 11.0 Å². The Labute approximate surface area is 108 Å². The van der Waals surface area contributed by atoms with Crippen molar-refractivity contribution in [2.45, 2.75) is 32.9 Å². The average molecular weight is 247 g/mol. The molecule has 2 rings (SSSR count). The summed E-state index contributed by atoms with van der Waals surface area (Å²) in [6.07, 6.45) is 1.06. The highest BCUT2D eigenvalue weighted by Gasteiger charge is 2.16. The smallest absolute Gasteiger partial charge is 0.129 e. The first-order chi connectivity index (χ1) is 8.67. The largest absolute Gasteiger partial charge is 0.383 e. The first kappa shape index (κ1) is 13.1. The number of imidazole rings is 1. The molecule has 0 aliphatic rings. The second-order valence-corrected chi connectivity index (χ2v) is 4.68. The van der Waals surface area contributed by atoms with E-state index in [0.29, 0.717) is 6.61 Å². The van der Waals surface area contributed by atoms with Gasteiger partial charge in [0.05, 0.1) is 23.7 Å². The van der Waals surface area contributed by atoms with Crippen LogP contribution in [0.3, 0.4) is 0 Å². The van der Waals surface area contributed by atoms with Gasteiger partial charge in [-0.15, -0.1) is 0 Å². The number of ether oxygens (including phenoxy) is 1. The Kier molecular flexibility index (Phi) is 3.99. The van der Waals surface area contributed by atoms with Gasteiger partial charge in [0.15, 0.2) is 0 Å². The van der Waals surface area contributed by atoms with Crippen molar-refractivity contribution < 1.29 is 4.74 Å². The molecular weight excluding hydrogens is 226 g/mol. The predicted octanol–water partition coefficient (Wildman–Crippen LogP) is 2.40. The topological polar surface area (TPSA) is 53.1 Å². The van der Waals surface area contributed by atoms with E-state index in [0.717, 1.165) is 29.8 Å². The number of nitrogens with zero attached hydrogens (tertiary/aromatic N) is 2. The van der Waals surface area contributed by atoms with Crippen LogP contribution in [0.1, 0.15) is 30.8 Å². The lowest BCUT2D eigenvalue weighted by molar-refractivity contribution is 0.177. The number of fused-ring (bicyclic) bond motifs is 1. The normalized spacial score (nSPS) is 13.1. The molecule has 1 heterocycles. The molecule has 1 aromatic heterocycles. The molecule has 0 saturated carbocycles. The summed E-state index contributed by atoms with van der Waals surface area (Å²) >= 11 is 0. The van der Waals surface area contributed by atoms with Gasteiger partial charge in [-0.25, -0.2) is 4.98 Å². The van der Waals surface area contributed by atoms with Crippen LogP contribution in [0.15, 0.2) is 18.2 Å². The number of rotatable bonds is 5. The average Bonchev–Trinajstić information content (AvgIpc) is 2.68. The van der Waals surface area contributed by atoms with Crippen molar-refractivity contribution in [2.75, 3.05) is 13.7 Å². The first-order valence-electron chi connectivity index (χ1n) is 6.38. The van der Waals surface area contributed by atoms with Crippen LogP contribution in [0.4, 0.5) is 0 Å². The molecule has 0 spiro atoms. The number of aryl methyl sites for hydroxylation is 2. The van der Waals surface area contributed by atoms with Gasteiger partial charge in [-0.3, -0.25) is 0 Å². The fraction of sp³-hybridized carbons (Fsp3) is 0.500. The Hall–Kier alpha value is -1.39. The van der Waals surface area contributed by atoms with Crippen LogP contribution in [0, 0.1) is 6.92 Å². The number of hydrogen-bond donors (Lipinski definition) is 1. The number of aromatic nitrogens is 2. The van der Waals surface area contributed by atoms with Crippen LogP contribution < -0.4 is 5.73 Å². The standard InChI is InChI=1S/C14H21N3O/c1-4-7-17-13-6-5-10(2)8-12(13)16-14(17)11(15)9-18-3/h5-6,8,11H,4,7,9,15H2,1-3H3. The molecular formula is C14H21N3O. The Balaban J connectivity index is 2.53. The van der Waals surface area contributed by atoms with Crippen LogP contribution >= 0.6 is 0 Å². The quantitative estimate of drug-likeness (QED) is 0.882. The zero-order chi connectivity index (χ0) is 13.1. The number of methoxy groups -OCH3 is 1. The van der Waals surface area contributed by atoms with E-state index in [1.165, 1.54) is 5.56 Å². The highest BCUT2D eigenvalue weighted by Crippen LogP contribution is 2.21. The Bertz CT molecular complexity index is 533. The first-order valence-corrected chi connectivity index (χ1v) is 6.38. The minimum atomic E-state index is -0.172. The van der Waals surface area contributed by atoms with Crippen LogP contribution in [0.5, 0.6) is 0 Å². The van der Waals surface area contributed by atoms with E-state index in [1.807, 2.05) is 0 Å². The fourth-order valence-electron chi connectivity index (χ4n) is 2.25. The van der Waals surface area contributed by atoms with E-state index in [1.54, 1.807) is 7.11 Å². The molecule has 0 amide bonds. The van der Waals surface area contributed by atoms with Crippen LogP contribution in [-0.4, -0.2) is 23.3 Å². The zero-order valence-corrected chi connectivity index (χ0v) is 11.3. The molecule has 2 N–H and O–H groups in total. The molecule has 0 aliphatic carbocycles. The lowest BCUT2D eigenvalue weighted by atomic mass is 10.2. The molecule has 4 nitrogen and oxygen atoms in total. The summed E-state index contributed by atoms with van der Waals surface area (Å²) in [5, 5.41) is 0. The molecule has 2 aromatic rings. The lowest BCUT2D eigenvalue weighted by Gasteiger charge is -2.13. The minimum absolute atomic E-state index is 0.172. The third kappa shape index (κ3) is 2.40. The number of hydrogen-bond acceptors (Lipinski definition) is 3. The van der Waals surface area contributed by atoms with Crippen LogP contribution in [0.2, 0.25) is 0 Å². The Morgan fingerprint density at radius 2 is 2.22 bits per heavy atom. The summed E-state index contributed by atoms with van der Waals surface area (Å²) in [7, 11) is 1.66. The van der Waals surface area contributed by atoms with Crippen LogP contribution in [-0.2, 0) is 11.3 Å². The van der Waals surface area contributed by atoms with Gasteiger partial charge in [0.25, 0.3) is 0 Å². The van der Waals surface area contributed by atoms with Gasteiger partial charge < -0.3 is 15.0 Å². The van der Waals surface area contributed by atoms with E-state index in [2.05, 4.69) is 41.6 Å². The molecule has 0 radical (unpaired) electrons. The van der Waals surface area contributed by atoms with Gasteiger partial charge in [-0.1, -0.05) is 13.0 Å². The lowest BCUT2D eigenvalue weighted by Crippen LogP contribution is -2.21. The van der Waals surface area contributed by atoms with E-state index >= 15 is 0 Å². The Morgan fingerprint density at radius 3 is 2.89 bits per heavy atom. The second-order valence-electron chi connectivity index (χ2n) is 4.68. The van der Waals surface area contributed by atoms with Crippen molar-refractivity contribution in [3.8, 4) is 0 Å². The van der Waals surface area contributed by atoms with E-state index in [4.69, 9.17) is 10.5 Å². The van der Waals surface area contributed by atoms with Crippen molar-refractivity contribution in [2.24, 2.45) is 5.73 Å². The van der Waals surface area contributed by atoms with Crippen LogP contribution in [0.25, 0.3) is 11.0 Å². The van der Waals surface area contributed by atoms with Gasteiger partial charge in [-0.05, 0) is 31.0 Å². The predicted molar refractivity (Wildman–Crippen MR) is 73.6 cm³/mol. The maximum absolute atomic E-state index is 6.13. The second kappa shape index (κ2) is 5.50. The highest BCUT2D eigenvalue weighted by atomic mass is 16.5. The van der Waals surface area contributed by atoms with Gasteiger partial charge in [-0.2, -0.15) is 0 Å². The SMILES string of the molecule is CCCn1c(C(N)COC)nc2cc(C)ccc21. The van der Waals surface area contributed by atoms with E-state index in [9.17, 15) is 0 Å². The maximum Gasteiger partial charge on any atom is 0.129 e. The van der Waals surface area contributed by atoms with E-state index < -0.39 is 0 Å². The maximum atomic E-state index is 6.13. The van der Waals surface area contributed by atoms with Gasteiger partial charge >= 0.3 is 0 Å². The molecule has 98 valence electrons. The van der Waals surface area contributed by atoms with Crippen molar-refractivity contribution in [3.63, 3.8) is 0 Å². The van der Waals surface area contributed by atoms with Crippen molar-refractivity contribution in [1.29, 1.82) is 0 Å². The monoisotopic (exact) mass is 247 g/mol. The molecule has 0 fully saturated rings. The summed E-state index contributed by atoms with van der Waals surface area (Å²) in [5.74, 6) is 0.916. The fourth-order valence-corrected chi connectivity index (χ4v) is 2.25. The molecule has 0 aliphatic heterocycles. The highest BCUT2D eigenvalue weighted by molar-refractivity contribution is 5.77. The number of nitrogens with two attached hydrogens (primary N) is 1. The van der Waals surface area contributed by atoms with Gasteiger partial charge in [0.2, 0.25) is 0 Å². The third-order valence-electron chi connectivity index (χ3n) is 3.06. The molecule has 0 saturated heterocycles. The van der Waals surface area contributed by atoms with Crippen molar-refractivity contribution in [3.05, 3.63) is 29.6 Å². The molecule has 4 heteroatoms. The summed E-state index contributed by atoms with van der Waals surface area (Å²) in [6.45, 7) is 5.66. The van der Waals surface area contributed by atoms with Gasteiger partial charge in [0, 0.05) is 13.7 Å². The Morgan fingerprint density at radius 1 is 1.44 bits per heavy atom. The molecule has 18 heavy (non-hydrogen) atoms. The van der Waals surface area contributed by atoms with Gasteiger partial charge in [0.1, 0.15) is 5.82 Å². The minimum Gasteiger partial charge on any atom is -0.383 e. The molecule has 0 bridgehead atoms. The molecule has 1 aromatic carbocycles. The molecule has 1 atom stereocenters. The summed E-state index contributed by atoms with van der Waals surface area (Å²) in [5.41, 5.74) is 9.52. The zero-order valence-electron chi connectivity index (χ0n) is 11.3. The summed E-state index contributed by atoms with van der Waals surface area (Å²) in [4.78, 5) is 4.67. The number of benzene rings is 1. The third-order valence-corrected chi connectivity index (χ3v) is 3.06. The van der Waals surface area contributed by atoms with E-state index in [-0.39, 0.29) is 6.04 Å². The summed E-state index contributed by atoms with van der Waals surface area (Å²) < 4.78 is 7.34.